The van der Waals surface area contributed by atoms with Crippen molar-refractivity contribution >= 4 is 10.8 Å². The van der Waals surface area contributed by atoms with Crippen molar-refractivity contribution < 1.29 is 26.5 Å². The van der Waals surface area contributed by atoms with Gasteiger partial charge in [0.2, 0.25) is 0 Å². The summed E-state index contributed by atoms with van der Waals surface area (Å²) in [5, 5.41) is 0. The SMILES string of the molecule is NC/C=C(/F)COc1ccc(S(=O)C(F)(F)F)cc1. The standard InChI is InChI=1S/C11H11F4NO2S/c12-8(5-6-16)7-18-9-1-3-10(4-2-9)19(17)11(13,14)15/h1-5H,6-7,16H2/b8-5+. The third kappa shape index (κ3) is 4.99. The largest absolute Gasteiger partial charge is 0.487 e. The lowest BCUT2D eigenvalue weighted by Gasteiger charge is -2.08. The Morgan fingerprint density at radius 2 is 1.89 bits per heavy atom. The minimum atomic E-state index is -4.81. The first-order valence-electron chi connectivity index (χ1n) is 5.10. The van der Waals surface area contributed by atoms with Crippen molar-refractivity contribution in [1.29, 1.82) is 0 Å². The number of alkyl halides is 3. The quantitative estimate of drug-likeness (QED) is 0.850. The third-order valence-electron chi connectivity index (χ3n) is 1.96. The maximum Gasteiger partial charge on any atom is 0.475 e. The Kier molecular flexibility index (Phi) is 5.49. The van der Waals surface area contributed by atoms with E-state index < -0.39 is 27.0 Å². The fourth-order valence-electron chi connectivity index (χ4n) is 1.13. The molecule has 0 fully saturated rings. The van der Waals surface area contributed by atoms with Crippen LogP contribution in [0, 0.1) is 0 Å². The number of rotatable bonds is 5. The molecule has 1 aromatic rings. The molecular weight excluding hydrogens is 286 g/mol. The van der Waals surface area contributed by atoms with Gasteiger partial charge in [-0.15, -0.1) is 0 Å². The third-order valence-corrected chi connectivity index (χ3v) is 3.08. The molecule has 0 aliphatic rings. The van der Waals surface area contributed by atoms with E-state index in [4.69, 9.17) is 10.5 Å². The topological polar surface area (TPSA) is 52.3 Å². The second-order valence-corrected chi connectivity index (χ2v) is 4.83. The zero-order valence-corrected chi connectivity index (χ0v) is 10.4. The lowest BCUT2D eigenvalue weighted by molar-refractivity contribution is -0.0384. The van der Waals surface area contributed by atoms with E-state index >= 15 is 0 Å². The summed E-state index contributed by atoms with van der Waals surface area (Å²) in [6.45, 7) is -0.336. The van der Waals surface area contributed by atoms with Crippen molar-refractivity contribution in [1.82, 2.24) is 0 Å². The van der Waals surface area contributed by atoms with Crippen molar-refractivity contribution in [2.24, 2.45) is 5.73 Å². The van der Waals surface area contributed by atoms with Crippen LogP contribution in [0.5, 0.6) is 5.75 Å². The predicted molar refractivity (Wildman–Crippen MR) is 62.6 cm³/mol. The van der Waals surface area contributed by atoms with Crippen LogP contribution in [0.1, 0.15) is 0 Å². The van der Waals surface area contributed by atoms with Crippen molar-refractivity contribution in [3.05, 3.63) is 36.2 Å². The zero-order chi connectivity index (χ0) is 14.5. The molecule has 0 aliphatic carbocycles. The summed E-state index contributed by atoms with van der Waals surface area (Å²) in [7, 11) is -3.08. The number of hydrogen-bond donors (Lipinski definition) is 1. The molecule has 0 bridgehead atoms. The van der Waals surface area contributed by atoms with Crippen molar-refractivity contribution in [2.45, 2.75) is 10.4 Å². The van der Waals surface area contributed by atoms with Crippen LogP contribution in [0.15, 0.2) is 41.1 Å². The van der Waals surface area contributed by atoms with Crippen LogP contribution in [0.4, 0.5) is 17.6 Å². The highest BCUT2D eigenvalue weighted by Gasteiger charge is 2.37. The summed E-state index contributed by atoms with van der Waals surface area (Å²) in [5.74, 6) is -0.408. The molecule has 0 saturated heterocycles. The summed E-state index contributed by atoms with van der Waals surface area (Å²) < 4.78 is 65.4. The number of benzene rings is 1. The lowest BCUT2D eigenvalue weighted by Crippen LogP contribution is -2.16. The average Bonchev–Trinajstić information content (AvgIpc) is 2.35. The second kappa shape index (κ2) is 6.67. The van der Waals surface area contributed by atoms with Gasteiger partial charge in [0.25, 0.3) is 0 Å². The van der Waals surface area contributed by atoms with Crippen LogP contribution in [-0.4, -0.2) is 22.9 Å². The molecule has 3 nitrogen and oxygen atoms in total. The van der Waals surface area contributed by atoms with Gasteiger partial charge in [-0.25, -0.2) is 8.60 Å². The Balaban J connectivity index is 2.67. The molecule has 1 atom stereocenters. The van der Waals surface area contributed by atoms with E-state index in [9.17, 15) is 21.8 Å². The molecule has 0 aliphatic heterocycles. The second-order valence-electron chi connectivity index (χ2n) is 3.36. The smallest absolute Gasteiger partial charge is 0.475 e. The van der Waals surface area contributed by atoms with E-state index in [1.54, 1.807) is 0 Å². The van der Waals surface area contributed by atoms with Gasteiger partial charge in [-0.3, -0.25) is 0 Å². The van der Waals surface area contributed by atoms with Crippen LogP contribution in [0.2, 0.25) is 0 Å². The Morgan fingerprint density at radius 1 is 1.32 bits per heavy atom. The normalized spacial score (nSPS) is 14.3. The predicted octanol–water partition coefficient (Wildman–Crippen LogP) is 2.50. The van der Waals surface area contributed by atoms with Crippen molar-refractivity contribution in [3.63, 3.8) is 0 Å². The average molecular weight is 297 g/mol. The van der Waals surface area contributed by atoms with Gasteiger partial charge in [-0.2, -0.15) is 13.2 Å². The molecule has 0 spiro atoms. The van der Waals surface area contributed by atoms with Crippen LogP contribution in [0.25, 0.3) is 0 Å². The number of nitrogens with two attached hydrogens (primary N) is 1. The highest BCUT2D eigenvalue weighted by Crippen LogP contribution is 2.27. The first-order chi connectivity index (χ1) is 8.84. The van der Waals surface area contributed by atoms with E-state index in [0.717, 1.165) is 18.2 Å². The Morgan fingerprint density at radius 3 is 2.37 bits per heavy atom. The minimum absolute atomic E-state index is 0.0265. The molecule has 0 saturated carbocycles. The number of halogens is 4. The highest BCUT2D eigenvalue weighted by molar-refractivity contribution is 7.86. The first kappa shape index (κ1) is 15.6. The molecule has 1 rings (SSSR count). The molecule has 19 heavy (non-hydrogen) atoms. The van der Waals surface area contributed by atoms with Gasteiger partial charge in [-0.05, 0) is 30.3 Å². The summed E-state index contributed by atoms with van der Waals surface area (Å²) in [5.41, 5.74) is 0.273. The zero-order valence-electron chi connectivity index (χ0n) is 9.61. The molecule has 0 heterocycles. The number of hydrogen-bond acceptors (Lipinski definition) is 3. The Bertz CT molecular complexity index is 471. The van der Waals surface area contributed by atoms with Gasteiger partial charge in [0, 0.05) is 11.4 Å². The molecule has 0 radical (unpaired) electrons. The molecular formula is C11H11F4NO2S. The fraction of sp³-hybridized carbons (Fsp3) is 0.273. The van der Waals surface area contributed by atoms with Gasteiger partial charge < -0.3 is 10.5 Å². The molecule has 1 unspecified atom stereocenters. The van der Waals surface area contributed by atoms with Crippen LogP contribution >= 0.6 is 0 Å². The minimum Gasteiger partial charge on any atom is -0.487 e. The maximum absolute atomic E-state index is 12.9. The maximum atomic E-state index is 12.9. The first-order valence-corrected chi connectivity index (χ1v) is 6.25. The molecule has 1 aromatic carbocycles. The molecule has 0 amide bonds. The highest BCUT2D eigenvalue weighted by atomic mass is 32.2. The van der Waals surface area contributed by atoms with E-state index in [-0.39, 0.29) is 18.9 Å². The van der Waals surface area contributed by atoms with E-state index in [2.05, 4.69) is 0 Å². The molecule has 2 N–H and O–H groups in total. The monoisotopic (exact) mass is 297 g/mol. The van der Waals surface area contributed by atoms with Gasteiger partial charge in [0.05, 0.1) is 0 Å². The Labute approximate surface area is 109 Å². The van der Waals surface area contributed by atoms with Gasteiger partial charge in [-0.1, -0.05) is 0 Å². The van der Waals surface area contributed by atoms with Gasteiger partial charge in [0.1, 0.15) is 18.2 Å². The van der Waals surface area contributed by atoms with Crippen LogP contribution < -0.4 is 10.5 Å². The lowest BCUT2D eigenvalue weighted by atomic mass is 10.3. The summed E-state index contributed by atoms with van der Waals surface area (Å²) in [6.07, 6.45) is 1.12. The van der Waals surface area contributed by atoms with Crippen molar-refractivity contribution in [3.8, 4) is 5.75 Å². The molecule has 8 heteroatoms. The van der Waals surface area contributed by atoms with E-state index in [0.29, 0.717) is 0 Å². The molecule has 0 aromatic heterocycles. The van der Waals surface area contributed by atoms with Gasteiger partial charge in [0.15, 0.2) is 10.8 Å². The summed E-state index contributed by atoms with van der Waals surface area (Å²) in [6, 6.07) is 4.41. The summed E-state index contributed by atoms with van der Waals surface area (Å²) in [4.78, 5) is -0.391. The Hall–Kier alpha value is -1.41. The van der Waals surface area contributed by atoms with E-state index in [1.807, 2.05) is 0 Å². The summed E-state index contributed by atoms with van der Waals surface area (Å²) >= 11 is 0. The fourth-order valence-corrected chi connectivity index (χ4v) is 1.78. The van der Waals surface area contributed by atoms with E-state index in [1.165, 1.54) is 12.1 Å². The van der Waals surface area contributed by atoms with Crippen LogP contribution in [0.3, 0.4) is 0 Å². The number of ether oxygens (including phenoxy) is 1. The van der Waals surface area contributed by atoms with Crippen molar-refractivity contribution in [2.75, 3.05) is 13.2 Å². The van der Waals surface area contributed by atoms with Gasteiger partial charge >= 0.3 is 5.51 Å². The molecule has 106 valence electrons. The van der Waals surface area contributed by atoms with Crippen LogP contribution in [-0.2, 0) is 10.8 Å².